The van der Waals surface area contributed by atoms with E-state index in [4.69, 9.17) is 9.47 Å². The summed E-state index contributed by atoms with van der Waals surface area (Å²) in [6, 6.07) is 13.2. The zero-order valence-corrected chi connectivity index (χ0v) is 17.8. The molecule has 1 unspecified atom stereocenters. The fourth-order valence-corrected chi connectivity index (χ4v) is 3.85. The van der Waals surface area contributed by atoms with Crippen LogP contribution in [0.4, 0.5) is 0 Å². The third-order valence-corrected chi connectivity index (χ3v) is 5.76. The van der Waals surface area contributed by atoms with Gasteiger partial charge in [-0.05, 0) is 36.2 Å². The van der Waals surface area contributed by atoms with Crippen molar-refractivity contribution in [3.8, 4) is 11.5 Å². The van der Waals surface area contributed by atoms with Gasteiger partial charge in [0.1, 0.15) is 23.4 Å². The van der Waals surface area contributed by atoms with Crippen LogP contribution >= 0.6 is 11.8 Å². The van der Waals surface area contributed by atoms with Crippen LogP contribution in [0.1, 0.15) is 23.0 Å². The third kappa shape index (κ3) is 5.12. The lowest BCUT2D eigenvalue weighted by Gasteiger charge is -2.20. The summed E-state index contributed by atoms with van der Waals surface area (Å²) in [6.07, 6.45) is 3.57. The molecule has 0 aliphatic carbocycles. The minimum absolute atomic E-state index is 0.0759. The molecular formula is C22H25N3O3S. The maximum Gasteiger partial charge on any atom is 0.231 e. The van der Waals surface area contributed by atoms with Crippen LogP contribution < -0.4 is 14.8 Å². The molecule has 3 aromatic rings. The molecule has 0 spiro atoms. The molecule has 7 heteroatoms. The summed E-state index contributed by atoms with van der Waals surface area (Å²) in [5.41, 5.74) is 1.99. The lowest BCUT2D eigenvalue weighted by Crippen LogP contribution is -2.32. The van der Waals surface area contributed by atoms with Gasteiger partial charge in [-0.2, -0.15) is 0 Å². The van der Waals surface area contributed by atoms with Crippen molar-refractivity contribution < 1.29 is 14.3 Å². The van der Waals surface area contributed by atoms with Crippen LogP contribution in [0.2, 0.25) is 0 Å². The molecule has 3 rings (SSSR count). The molecule has 0 bridgehead atoms. The molecular weight excluding hydrogens is 386 g/mol. The van der Waals surface area contributed by atoms with Gasteiger partial charge in [0.15, 0.2) is 0 Å². The maximum atomic E-state index is 12.8. The van der Waals surface area contributed by atoms with Crippen LogP contribution in [0.5, 0.6) is 11.5 Å². The first-order valence-corrected chi connectivity index (χ1v) is 10.2. The second-order valence-corrected chi connectivity index (χ2v) is 7.61. The smallest absolute Gasteiger partial charge is 0.231 e. The van der Waals surface area contributed by atoms with Gasteiger partial charge in [0.2, 0.25) is 5.91 Å². The van der Waals surface area contributed by atoms with Crippen molar-refractivity contribution in [1.82, 2.24) is 14.9 Å². The Balaban J connectivity index is 1.84. The van der Waals surface area contributed by atoms with Crippen molar-refractivity contribution in [3.63, 3.8) is 0 Å². The van der Waals surface area contributed by atoms with E-state index in [1.165, 1.54) is 11.8 Å². The van der Waals surface area contributed by atoms with Gasteiger partial charge in [0.05, 0.1) is 20.0 Å². The molecule has 2 aromatic carbocycles. The van der Waals surface area contributed by atoms with Crippen LogP contribution in [0.15, 0.2) is 59.8 Å². The summed E-state index contributed by atoms with van der Waals surface area (Å²) in [5, 5.41) is 3.11. The summed E-state index contributed by atoms with van der Waals surface area (Å²) in [4.78, 5) is 18.3. The van der Waals surface area contributed by atoms with Crippen LogP contribution in [-0.2, 0) is 11.8 Å². The van der Waals surface area contributed by atoms with E-state index in [1.54, 1.807) is 26.5 Å². The molecule has 6 nitrogen and oxygen atoms in total. The van der Waals surface area contributed by atoms with Crippen molar-refractivity contribution in [3.05, 3.63) is 71.8 Å². The van der Waals surface area contributed by atoms with E-state index in [2.05, 4.69) is 10.3 Å². The summed E-state index contributed by atoms with van der Waals surface area (Å²) >= 11 is 1.52. The number of ether oxygens (including phenoxy) is 2. The number of nitrogens with one attached hydrogen (secondary N) is 1. The third-order valence-electron chi connectivity index (χ3n) is 4.58. The van der Waals surface area contributed by atoms with Crippen molar-refractivity contribution >= 4 is 17.7 Å². The van der Waals surface area contributed by atoms with E-state index in [-0.39, 0.29) is 5.91 Å². The van der Waals surface area contributed by atoms with Crippen LogP contribution in [0.25, 0.3) is 0 Å². The van der Waals surface area contributed by atoms with E-state index in [1.807, 2.05) is 61.1 Å². The lowest BCUT2D eigenvalue weighted by atomic mass is 10.0. The minimum Gasteiger partial charge on any atom is -0.497 e. The number of amides is 1. The highest BCUT2D eigenvalue weighted by Gasteiger charge is 2.22. The van der Waals surface area contributed by atoms with E-state index >= 15 is 0 Å². The van der Waals surface area contributed by atoms with Gasteiger partial charge in [-0.1, -0.05) is 18.2 Å². The fourth-order valence-electron chi connectivity index (χ4n) is 3.01. The van der Waals surface area contributed by atoms with Crippen molar-refractivity contribution in [2.45, 2.75) is 17.9 Å². The number of nitrogens with zero attached hydrogens (tertiary/aromatic N) is 2. The molecule has 1 aromatic heterocycles. The number of benzene rings is 2. The van der Waals surface area contributed by atoms with E-state index < -0.39 is 6.04 Å². The van der Waals surface area contributed by atoms with Gasteiger partial charge in [-0.15, -0.1) is 11.8 Å². The Hall–Kier alpha value is -2.93. The Morgan fingerprint density at radius 1 is 1.17 bits per heavy atom. The molecule has 1 atom stereocenters. The topological polar surface area (TPSA) is 65.4 Å². The van der Waals surface area contributed by atoms with E-state index in [0.29, 0.717) is 17.3 Å². The standard InChI is InChI=1S/C22H25N3O3S/c1-15-7-5-6-8-19(15)29-14-20(26)24-21(22-23-9-10-25(22)2)16-11-17(27-3)13-18(12-16)28-4/h5-13,21H,14H2,1-4H3,(H,24,26). The highest BCUT2D eigenvalue weighted by Crippen LogP contribution is 2.30. The van der Waals surface area contributed by atoms with Crippen molar-refractivity contribution in [1.29, 1.82) is 0 Å². The number of imidazole rings is 1. The highest BCUT2D eigenvalue weighted by atomic mass is 32.2. The largest absolute Gasteiger partial charge is 0.497 e. The predicted molar refractivity (Wildman–Crippen MR) is 115 cm³/mol. The first-order chi connectivity index (χ1) is 14.0. The van der Waals surface area contributed by atoms with Gasteiger partial charge in [-0.3, -0.25) is 4.79 Å². The number of hydrogen-bond acceptors (Lipinski definition) is 5. The summed E-state index contributed by atoms with van der Waals surface area (Å²) in [7, 11) is 5.11. The Bertz CT molecular complexity index is 965. The molecule has 29 heavy (non-hydrogen) atoms. The van der Waals surface area contributed by atoms with Crippen molar-refractivity contribution in [2.24, 2.45) is 7.05 Å². The Kier molecular flexibility index (Phi) is 6.82. The molecule has 0 radical (unpaired) electrons. The number of aromatic nitrogens is 2. The number of thioether (sulfide) groups is 1. The van der Waals surface area contributed by atoms with E-state index in [0.717, 1.165) is 21.8 Å². The number of methoxy groups -OCH3 is 2. The number of hydrogen-bond donors (Lipinski definition) is 1. The minimum atomic E-state index is -0.427. The van der Waals surface area contributed by atoms with Crippen molar-refractivity contribution in [2.75, 3.05) is 20.0 Å². The SMILES string of the molecule is COc1cc(OC)cc(C(NC(=O)CSc2ccccc2C)c2nccn2C)c1. The average Bonchev–Trinajstić information content (AvgIpc) is 3.16. The quantitative estimate of drug-likeness (QED) is 0.572. The van der Waals surface area contributed by atoms with Crippen LogP contribution in [0, 0.1) is 6.92 Å². The van der Waals surface area contributed by atoms with Crippen LogP contribution in [0.3, 0.4) is 0 Å². The summed E-state index contributed by atoms with van der Waals surface area (Å²) < 4.78 is 12.7. The zero-order valence-electron chi connectivity index (χ0n) is 17.0. The Morgan fingerprint density at radius 3 is 2.45 bits per heavy atom. The number of aryl methyl sites for hydroxylation is 2. The Labute approximate surface area is 175 Å². The first kappa shape index (κ1) is 20.8. The number of carbonyl (C=O) groups excluding carboxylic acids is 1. The molecule has 0 aliphatic heterocycles. The van der Waals surface area contributed by atoms with Gasteiger partial charge in [0.25, 0.3) is 0 Å². The maximum absolute atomic E-state index is 12.8. The second kappa shape index (κ2) is 9.52. The summed E-state index contributed by atoms with van der Waals surface area (Å²) in [6.45, 7) is 2.04. The molecule has 0 saturated carbocycles. The van der Waals surface area contributed by atoms with Gasteiger partial charge >= 0.3 is 0 Å². The average molecular weight is 412 g/mol. The predicted octanol–water partition coefficient (Wildman–Crippen LogP) is 3.74. The zero-order chi connectivity index (χ0) is 20.8. The van der Waals surface area contributed by atoms with Gasteiger partial charge in [0, 0.05) is 30.4 Å². The molecule has 0 aliphatic rings. The summed E-state index contributed by atoms with van der Waals surface area (Å²) in [5.74, 6) is 2.28. The molecule has 0 fully saturated rings. The number of rotatable bonds is 8. The lowest BCUT2D eigenvalue weighted by molar-refractivity contribution is -0.119. The van der Waals surface area contributed by atoms with Crippen LogP contribution in [-0.4, -0.2) is 35.4 Å². The number of carbonyl (C=O) groups is 1. The van der Waals surface area contributed by atoms with Gasteiger partial charge < -0.3 is 19.4 Å². The first-order valence-electron chi connectivity index (χ1n) is 9.19. The normalized spacial score (nSPS) is 11.7. The second-order valence-electron chi connectivity index (χ2n) is 6.60. The molecule has 1 N–H and O–H groups in total. The molecule has 152 valence electrons. The van der Waals surface area contributed by atoms with E-state index in [9.17, 15) is 4.79 Å². The molecule has 0 saturated heterocycles. The highest BCUT2D eigenvalue weighted by molar-refractivity contribution is 8.00. The molecule has 1 heterocycles. The fraction of sp³-hybridized carbons (Fsp3) is 0.273. The monoisotopic (exact) mass is 411 g/mol. The Morgan fingerprint density at radius 2 is 1.86 bits per heavy atom. The molecule has 1 amide bonds. The van der Waals surface area contributed by atoms with Gasteiger partial charge in [-0.25, -0.2) is 4.98 Å².